The molecule has 0 radical (unpaired) electrons. The highest BCUT2D eigenvalue weighted by Crippen LogP contribution is 2.29. The maximum atomic E-state index is 13.2. The Labute approximate surface area is 184 Å². The topological polar surface area (TPSA) is 98.5 Å². The number of halogens is 1. The first-order valence-electron chi connectivity index (χ1n) is 9.57. The third-order valence-electron chi connectivity index (χ3n) is 4.46. The van der Waals surface area contributed by atoms with E-state index in [-0.39, 0.29) is 16.5 Å². The zero-order valence-corrected chi connectivity index (χ0v) is 18.0. The Balaban J connectivity index is 1.74. The van der Waals surface area contributed by atoms with Crippen molar-refractivity contribution in [1.29, 1.82) is 0 Å². The van der Waals surface area contributed by atoms with Crippen LogP contribution in [0.4, 0.5) is 10.1 Å². The molecular weight excluding hydrogens is 433 g/mol. The van der Waals surface area contributed by atoms with Gasteiger partial charge in [-0.15, -0.1) is 0 Å². The summed E-state index contributed by atoms with van der Waals surface area (Å²) < 4.78 is 48.0. The van der Waals surface area contributed by atoms with Gasteiger partial charge in [-0.2, -0.15) is 5.10 Å². The Hall–Kier alpha value is -3.97. The third kappa shape index (κ3) is 4.24. The second kappa shape index (κ2) is 8.64. The van der Waals surface area contributed by atoms with E-state index >= 15 is 0 Å². The van der Waals surface area contributed by atoms with Crippen molar-refractivity contribution in [2.45, 2.75) is 18.2 Å². The SMILES string of the molecule is CCC#Cc1cnc2ccc(-c3cnc(OC)c(NS(=O)(=O)c4ccc(F)cc4)c3)nn12. The van der Waals surface area contributed by atoms with Gasteiger partial charge in [0.25, 0.3) is 10.0 Å². The summed E-state index contributed by atoms with van der Waals surface area (Å²) in [6, 6.07) is 9.60. The largest absolute Gasteiger partial charge is 0.480 e. The number of anilines is 1. The van der Waals surface area contributed by atoms with Crippen molar-refractivity contribution in [3.8, 4) is 29.0 Å². The molecule has 3 heterocycles. The van der Waals surface area contributed by atoms with E-state index in [0.717, 1.165) is 12.1 Å². The van der Waals surface area contributed by atoms with E-state index in [1.807, 2.05) is 6.92 Å². The second-order valence-corrected chi connectivity index (χ2v) is 8.31. The molecule has 0 aliphatic rings. The van der Waals surface area contributed by atoms with E-state index < -0.39 is 15.8 Å². The lowest BCUT2D eigenvalue weighted by molar-refractivity contribution is 0.400. The van der Waals surface area contributed by atoms with Gasteiger partial charge in [-0.05, 0) is 48.4 Å². The molecule has 32 heavy (non-hydrogen) atoms. The van der Waals surface area contributed by atoms with Crippen LogP contribution in [0, 0.1) is 17.7 Å². The highest BCUT2D eigenvalue weighted by molar-refractivity contribution is 7.92. The van der Waals surface area contributed by atoms with E-state index in [1.165, 1.54) is 25.4 Å². The van der Waals surface area contributed by atoms with Crippen molar-refractivity contribution >= 4 is 21.4 Å². The number of rotatable bonds is 5. The van der Waals surface area contributed by atoms with Gasteiger partial charge in [0.2, 0.25) is 5.88 Å². The van der Waals surface area contributed by atoms with Crippen molar-refractivity contribution in [1.82, 2.24) is 19.6 Å². The Morgan fingerprint density at radius 1 is 1.12 bits per heavy atom. The van der Waals surface area contributed by atoms with Crippen LogP contribution in [0.25, 0.3) is 16.9 Å². The molecule has 0 amide bonds. The predicted octanol–water partition coefficient (Wildman–Crippen LogP) is 3.50. The number of hydrogen-bond acceptors (Lipinski definition) is 6. The van der Waals surface area contributed by atoms with Crippen molar-refractivity contribution in [3.05, 3.63) is 66.4 Å². The van der Waals surface area contributed by atoms with E-state index in [0.29, 0.717) is 29.0 Å². The maximum absolute atomic E-state index is 13.2. The minimum absolute atomic E-state index is 0.0812. The van der Waals surface area contributed by atoms with E-state index in [4.69, 9.17) is 4.74 Å². The number of hydrogen-bond donors (Lipinski definition) is 1. The Bertz CT molecular complexity index is 1450. The maximum Gasteiger partial charge on any atom is 0.262 e. The van der Waals surface area contributed by atoms with Crippen molar-refractivity contribution < 1.29 is 17.5 Å². The van der Waals surface area contributed by atoms with Crippen LogP contribution in [-0.2, 0) is 10.0 Å². The summed E-state index contributed by atoms with van der Waals surface area (Å²) >= 11 is 0. The predicted molar refractivity (Wildman–Crippen MR) is 117 cm³/mol. The normalized spacial score (nSPS) is 11.1. The van der Waals surface area contributed by atoms with Crippen LogP contribution in [0.2, 0.25) is 0 Å². The summed E-state index contributed by atoms with van der Waals surface area (Å²) in [6.07, 6.45) is 3.87. The number of aromatic nitrogens is 4. The highest BCUT2D eigenvalue weighted by atomic mass is 32.2. The summed E-state index contributed by atoms with van der Waals surface area (Å²) in [5, 5.41) is 4.57. The Morgan fingerprint density at radius 2 is 1.91 bits per heavy atom. The van der Waals surface area contributed by atoms with Crippen molar-refractivity contribution in [2.24, 2.45) is 0 Å². The molecule has 0 saturated heterocycles. The molecular formula is C22H18FN5O3S. The number of methoxy groups -OCH3 is 1. The summed E-state index contributed by atoms with van der Waals surface area (Å²) in [4.78, 5) is 8.39. The molecule has 0 unspecified atom stereocenters. The number of benzene rings is 1. The summed E-state index contributed by atoms with van der Waals surface area (Å²) in [5.74, 6) is 5.55. The number of pyridine rings is 1. The second-order valence-electron chi connectivity index (χ2n) is 6.63. The molecule has 3 aromatic heterocycles. The molecule has 0 spiro atoms. The lowest BCUT2D eigenvalue weighted by atomic mass is 10.2. The molecule has 0 atom stereocenters. The van der Waals surface area contributed by atoms with Crippen molar-refractivity contribution in [3.63, 3.8) is 0 Å². The van der Waals surface area contributed by atoms with Gasteiger partial charge in [-0.1, -0.05) is 12.8 Å². The molecule has 0 fully saturated rings. The van der Waals surface area contributed by atoms with Gasteiger partial charge in [0, 0.05) is 18.2 Å². The fourth-order valence-corrected chi connectivity index (χ4v) is 3.98. The molecule has 8 nitrogen and oxygen atoms in total. The first-order valence-corrected chi connectivity index (χ1v) is 11.1. The molecule has 1 aromatic carbocycles. The van der Waals surface area contributed by atoms with Crippen LogP contribution in [-0.4, -0.2) is 35.1 Å². The van der Waals surface area contributed by atoms with Gasteiger partial charge in [0.05, 0.1) is 23.9 Å². The van der Waals surface area contributed by atoms with Gasteiger partial charge >= 0.3 is 0 Å². The van der Waals surface area contributed by atoms with Gasteiger partial charge < -0.3 is 4.74 Å². The number of nitrogens with zero attached hydrogens (tertiary/aromatic N) is 4. The molecule has 0 saturated carbocycles. The first kappa shape index (κ1) is 21.3. The quantitative estimate of drug-likeness (QED) is 0.467. The highest BCUT2D eigenvalue weighted by Gasteiger charge is 2.19. The number of nitrogens with one attached hydrogen (secondary N) is 1. The minimum Gasteiger partial charge on any atom is -0.480 e. The number of sulfonamides is 1. The average molecular weight is 451 g/mol. The minimum atomic E-state index is -3.99. The van der Waals surface area contributed by atoms with Gasteiger partial charge in [-0.3, -0.25) is 4.72 Å². The Kier molecular flexibility index (Phi) is 5.75. The number of fused-ring (bicyclic) bond motifs is 1. The molecule has 1 N–H and O–H groups in total. The summed E-state index contributed by atoms with van der Waals surface area (Å²) in [6.45, 7) is 1.95. The average Bonchev–Trinajstić information content (AvgIpc) is 3.20. The first-order chi connectivity index (χ1) is 15.4. The molecule has 0 aliphatic carbocycles. The van der Waals surface area contributed by atoms with Crippen LogP contribution in [0.1, 0.15) is 19.0 Å². The monoisotopic (exact) mass is 451 g/mol. The summed E-state index contributed by atoms with van der Waals surface area (Å²) in [7, 11) is -2.61. The van der Waals surface area contributed by atoms with Crippen LogP contribution < -0.4 is 9.46 Å². The van der Waals surface area contributed by atoms with Crippen LogP contribution in [0.3, 0.4) is 0 Å². The van der Waals surface area contributed by atoms with E-state index in [9.17, 15) is 12.8 Å². The molecule has 162 valence electrons. The standard InChI is InChI=1S/C22H18FN5O3S/c1-3-4-5-17-14-24-21-11-10-19(26-28(17)21)15-12-20(22(31-2)25-13-15)27-32(29,30)18-8-6-16(23)7-9-18/h6-14,27H,3H2,1-2H3. The molecule has 4 rings (SSSR count). The summed E-state index contributed by atoms with van der Waals surface area (Å²) in [5.41, 5.74) is 2.48. The molecule has 4 aromatic rings. The molecule has 0 bridgehead atoms. The van der Waals surface area contributed by atoms with Gasteiger partial charge in [0.15, 0.2) is 5.65 Å². The van der Waals surface area contributed by atoms with Crippen LogP contribution in [0.15, 0.2) is 59.8 Å². The van der Waals surface area contributed by atoms with Crippen LogP contribution in [0.5, 0.6) is 5.88 Å². The fourth-order valence-electron chi connectivity index (χ4n) is 2.94. The zero-order valence-electron chi connectivity index (χ0n) is 17.2. The van der Waals surface area contributed by atoms with Gasteiger partial charge in [0.1, 0.15) is 17.2 Å². The van der Waals surface area contributed by atoms with E-state index in [2.05, 4.69) is 31.6 Å². The Morgan fingerprint density at radius 3 is 2.62 bits per heavy atom. The molecule has 10 heteroatoms. The number of imidazole rings is 1. The van der Waals surface area contributed by atoms with Crippen LogP contribution >= 0.6 is 0 Å². The molecule has 0 aliphatic heterocycles. The lowest BCUT2D eigenvalue weighted by Gasteiger charge is -2.12. The van der Waals surface area contributed by atoms with E-state index in [1.54, 1.807) is 28.9 Å². The number of ether oxygens (including phenoxy) is 1. The van der Waals surface area contributed by atoms with Gasteiger partial charge in [-0.25, -0.2) is 27.3 Å². The lowest BCUT2D eigenvalue weighted by Crippen LogP contribution is -2.14. The zero-order chi connectivity index (χ0) is 22.7. The van der Waals surface area contributed by atoms with Crippen molar-refractivity contribution in [2.75, 3.05) is 11.8 Å². The smallest absolute Gasteiger partial charge is 0.262 e. The fraction of sp³-hybridized carbons (Fsp3) is 0.136. The third-order valence-corrected chi connectivity index (χ3v) is 5.85.